The topological polar surface area (TPSA) is 66.2 Å². The third-order valence-corrected chi connectivity index (χ3v) is 6.48. The first-order chi connectivity index (χ1) is 15.1. The molecule has 1 atom stereocenters. The van der Waals surface area contributed by atoms with Crippen LogP contribution in [0.2, 0.25) is 0 Å². The van der Waals surface area contributed by atoms with E-state index in [1.165, 1.54) is 22.3 Å². The van der Waals surface area contributed by atoms with Crippen LogP contribution in [0.1, 0.15) is 41.3 Å². The van der Waals surface area contributed by atoms with Crippen LogP contribution in [0, 0.1) is 6.92 Å². The summed E-state index contributed by atoms with van der Waals surface area (Å²) in [6, 6.07) is 15.1. The number of aliphatic hydroxyl groups excluding tert-OH is 1. The van der Waals surface area contributed by atoms with Crippen LogP contribution in [0.5, 0.6) is 0 Å². The molecule has 0 bridgehead atoms. The van der Waals surface area contributed by atoms with Gasteiger partial charge < -0.3 is 15.3 Å². The van der Waals surface area contributed by atoms with Crippen molar-refractivity contribution in [3.63, 3.8) is 0 Å². The number of nitrogens with one attached hydrogen (secondary N) is 1. The fourth-order valence-electron chi connectivity index (χ4n) is 4.65. The Bertz CT molecular complexity index is 1120. The summed E-state index contributed by atoms with van der Waals surface area (Å²) in [6.07, 6.45) is 4.36. The maximum atomic E-state index is 9.35. The van der Waals surface area contributed by atoms with Gasteiger partial charge in [-0.3, -0.25) is 0 Å². The molecule has 0 spiro atoms. The van der Waals surface area contributed by atoms with Gasteiger partial charge in [-0.2, -0.15) is 0 Å². The average Bonchev–Trinajstić information content (AvgIpc) is 3.09. The van der Waals surface area contributed by atoms with Crippen LogP contribution < -0.4 is 5.32 Å². The van der Waals surface area contributed by atoms with Crippen molar-refractivity contribution in [1.29, 1.82) is 0 Å². The molecule has 0 amide bonds. The van der Waals surface area contributed by atoms with Crippen LogP contribution in [0.3, 0.4) is 0 Å². The van der Waals surface area contributed by atoms with Crippen LogP contribution in [-0.2, 0) is 13.2 Å². The Morgan fingerprint density at radius 2 is 1.97 bits per heavy atom. The first-order valence-corrected chi connectivity index (χ1v) is 11.0. The fraction of sp³-hybridized carbons (Fsp3) is 0.360. The SMILES string of the molecule is Cc1nnn2c1-c1ccc(C3=CCN(C)CC3)cc1C(Nc1ccc(CO)cc1)CC2. The Hall–Kier alpha value is -2.96. The van der Waals surface area contributed by atoms with Gasteiger partial charge in [0.1, 0.15) is 0 Å². The van der Waals surface area contributed by atoms with Gasteiger partial charge in [0.25, 0.3) is 0 Å². The predicted octanol–water partition coefficient (Wildman–Crippen LogP) is 4.02. The Morgan fingerprint density at radius 3 is 2.71 bits per heavy atom. The second kappa shape index (κ2) is 8.29. The minimum Gasteiger partial charge on any atom is -0.392 e. The molecule has 2 aliphatic heterocycles. The molecule has 1 aromatic heterocycles. The van der Waals surface area contributed by atoms with Gasteiger partial charge in [0.2, 0.25) is 0 Å². The number of aromatic nitrogens is 3. The van der Waals surface area contributed by atoms with E-state index >= 15 is 0 Å². The van der Waals surface area contributed by atoms with E-state index in [9.17, 15) is 5.11 Å². The Kier molecular flexibility index (Phi) is 5.34. The van der Waals surface area contributed by atoms with Gasteiger partial charge in [-0.15, -0.1) is 5.10 Å². The lowest BCUT2D eigenvalue weighted by Crippen LogP contribution is -2.23. The first kappa shape index (κ1) is 20.0. The van der Waals surface area contributed by atoms with Crippen molar-refractivity contribution in [2.75, 3.05) is 25.5 Å². The Morgan fingerprint density at radius 1 is 1.13 bits per heavy atom. The van der Waals surface area contributed by atoms with E-state index in [4.69, 9.17) is 0 Å². The van der Waals surface area contributed by atoms with Gasteiger partial charge in [0, 0.05) is 30.9 Å². The molecule has 3 aromatic rings. The zero-order chi connectivity index (χ0) is 21.4. The number of likely N-dealkylation sites (N-methyl/N-ethyl adjacent to an activating group) is 1. The van der Waals surface area contributed by atoms with E-state index in [0.29, 0.717) is 0 Å². The number of hydrogen-bond acceptors (Lipinski definition) is 5. The minimum atomic E-state index is 0.0631. The van der Waals surface area contributed by atoms with E-state index in [1.807, 2.05) is 35.9 Å². The van der Waals surface area contributed by atoms with Crippen molar-refractivity contribution in [3.8, 4) is 11.3 Å². The largest absolute Gasteiger partial charge is 0.392 e. The fourth-order valence-corrected chi connectivity index (χ4v) is 4.65. The summed E-state index contributed by atoms with van der Waals surface area (Å²) in [7, 11) is 2.17. The van der Waals surface area contributed by atoms with Crippen LogP contribution in [0.25, 0.3) is 16.8 Å². The zero-order valence-electron chi connectivity index (χ0n) is 18.2. The van der Waals surface area contributed by atoms with Gasteiger partial charge >= 0.3 is 0 Å². The van der Waals surface area contributed by atoms with E-state index in [0.717, 1.165) is 55.1 Å². The predicted molar refractivity (Wildman–Crippen MR) is 124 cm³/mol. The Balaban J connectivity index is 1.56. The quantitative estimate of drug-likeness (QED) is 0.674. The second-order valence-electron chi connectivity index (χ2n) is 8.63. The highest BCUT2D eigenvalue weighted by Crippen LogP contribution is 2.38. The average molecular weight is 416 g/mol. The van der Waals surface area contributed by atoms with E-state index in [-0.39, 0.29) is 12.6 Å². The molecule has 0 fully saturated rings. The smallest absolute Gasteiger partial charge is 0.0918 e. The van der Waals surface area contributed by atoms with Gasteiger partial charge in [-0.1, -0.05) is 35.6 Å². The van der Waals surface area contributed by atoms with E-state index < -0.39 is 0 Å². The van der Waals surface area contributed by atoms with Crippen LogP contribution >= 0.6 is 0 Å². The molecule has 2 aliphatic rings. The molecule has 2 N–H and O–H groups in total. The van der Waals surface area contributed by atoms with Crippen molar-refractivity contribution in [2.24, 2.45) is 0 Å². The molecule has 5 rings (SSSR count). The van der Waals surface area contributed by atoms with Crippen LogP contribution in [0.15, 0.2) is 48.5 Å². The highest BCUT2D eigenvalue weighted by Gasteiger charge is 2.26. The number of benzene rings is 2. The molecule has 6 heteroatoms. The molecule has 1 unspecified atom stereocenters. The second-order valence-corrected chi connectivity index (χ2v) is 8.63. The van der Waals surface area contributed by atoms with Crippen molar-refractivity contribution in [1.82, 2.24) is 19.9 Å². The highest BCUT2D eigenvalue weighted by molar-refractivity contribution is 5.74. The maximum Gasteiger partial charge on any atom is 0.0918 e. The maximum absolute atomic E-state index is 9.35. The summed E-state index contributed by atoms with van der Waals surface area (Å²) in [6.45, 7) is 5.02. The van der Waals surface area contributed by atoms with Crippen molar-refractivity contribution >= 4 is 11.3 Å². The number of aryl methyl sites for hydroxylation is 2. The normalized spacial score (nSPS) is 18.7. The lowest BCUT2D eigenvalue weighted by Gasteiger charge is -2.24. The minimum absolute atomic E-state index is 0.0631. The van der Waals surface area contributed by atoms with Crippen LogP contribution in [0.4, 0.5) is 5.69 Å². The number of anilines is 1. The molecular formula is C25H29N5O. The molecule has 0 saturated carbocycles. The molecular weight excluding hydrogens is 386 g/mol. The third-order valence-electron chi connectivity index (χ3n) is 6.48. The number of aliphatic hydroxyl groups is 1. The van der Waals surface area contributed by atoms with Crippen molar-refractivity contribution < 1.29 is 5.11 Å². The molecule has 2 aromatic carbocycles. The lowest BCUT2D eigenvalue weighted by atomic mass is 9.90. The number of rotatable bonds is 4. The van der Waals surface area contributed by atoms with Gasteiger partial charge in [-0.05, 0) is 67.3 Å². The molecule has 6 nitrogen and oxygen atoms in total. The summed E-state index contributed by atoms with van der Waals surface area (Å²) in [5.74, 6) is 0. The molecule has 31 heavy (non-hydrogen) atoms. The van der Waals surface area contributed by atoms with Crippen molar-refractivity contribution in [2.45, 2.75) is 39.0 Å². The molecule has 3 heterocycles. The summed E-state index contributed by atoms with van der Waals surface area (Å²) in [4.78, 5) is 2.35. The summed E-state index contributed by atoms with van der Waals surface area (Å²) in [5, 5.41) is 21.8. The van der Waals surface area contributed by atoms with Crippen LogP contribution in [-0.4, -0.2) is 45.1 Å². The standard InChI is InChI=1S/C25H29N5O/c1-17-25-22-8-5-20(19-9-12-29(2)13-10-19)15-23(22)24(11-14-30(25)28-27-17)26-21-6-3-18(16-31)4-7-21/h3-9,15,24,26,31H,10-14,16H2,1-2H3. The number of fused-ring (bicyclic) bond motifs is 3. The molecule has 0 radical (unpaired) electrons. The van der Waals surface area contributed by atoms with E-state index in [2.05, 4.69) is 51.9 Å². The lowest BCUT2D eigenvalue weighted by molar-refractivity contribution is 0.282. The molecule has 0 saturated heterocycles. The van der Waals surface area contributed by atoms with Gasteiger partial charge in [-0.25, -0.2) is 4.68 Å². The van der Waals surface area contributed by atoms with Gasteiger partial charge in [0.15, 0.2) is 0 Å². The molecule has 0 aliphatic carbocycles. The number of hydrogen-bond donors (Lipinski definition) is 2. The summed E-state index contributed by atoms with van der Waals surface area (Å²) >= 11 is 0. The number of nitrogens with zero attached hydrogens (tertiary/aromatic N) is 4. The highest BCUT2D eigenvalue weighted by atomic mass is 16.3. The first-order valence-electron chi connectivity index (χ1n) is 11.0. The zero-order valence-corrected chi connectivity index (χ0v) is 18.2. The summed E-state index contributed by atoms with van der Waals surface area (Å²) in [5.41, 5.74) is 9.33. The van der Waals surface area contributed by atoms with Gasteiger partial charge in [0.05, 0.1) is 24.0 Å². The third kappa shape index (κ3) is 3.89. The molecule has 160 valence electrons. The summed E-state index contributed by atoms with van der Waals surface area (Å²) < 4.78 is 2.04. The Labute approximate surface area is 183 Å². The monoisotopic (exact) mass is 415 g/mol. The van der Waals surface area contributed by atoms with Crippen molar-refractivity contribution in [3.05, 3.63) is 70.9 Å². The van der Waals surface area contributed by atoms with E-state index in [1.54, 1.807) is 0 Å².